The van der Waals surface area contributed by atoms with E-state index in [2.05, 4.69) is 5.16 Å². The Morgan fingerprint density at radius 2 is 1.85 bits per heavy atom. The van der Waals surface area contributed by atoms with E-state index in [-0.39, 0.29) is 31.5 Å². The molecule has 1 atom stereocenters. The van der Waals surface area contributed by atoms with Crippen molar-refractivity contribution in [2.24, 2.45) is 10.9 Å². The van der Waals surface area contributed by atoms with Crippen molar-refractivity contribution in [3.63, 3.8) is 0 Å². The lowest BCUT2D eigenvalue weighted by Crippen LogP contribution is -2.34. The van der Waals surface area contributed by atoms with Crippen LogP contribution in [0, 0.1) is 0 Å². The molecule has 0 aromatic heterocycles. The van der Waals surface area contributed by atoms with Gasteiger partial charge in [0.05, 0.1) is 5.56 Å². The number of oxime groups is 1. The van der Waals surface area contributed by atoms with Crippen molar-refractivity contribution < 1.29 is 24.6 Å². The van der Waals surface area contributed by atoms with E-state index in [1.54, 1.807) is 42.2 Å². The van der Waals surface area contributed by atoms with Gasteiger partial charge in [0.15, 0.2) is 6.73 Å². The Morgan fingerprint density at radius 1 is 1.23 bits per heavy atom. The van der Waals surface area contributed by atoms with E-state index in [0.717, 1.165) is 0 Å². The number of carboxylic acids is 1. The molecule has 1 aromatic carbocycles. The smallest absolute Gasteiger partial charge is 0.339 e. The molecule has 0 fully saturated rings. The first-order valence-electron chi connectivity index (χ1n) is 7.60. The molecule has 0 aliphatic rings. The average molecular weight is 410 g/mol. The SMILES string of the molecule is CC(=NO)N(CCCC[C@H](N)C(=O)O)COC(=O)c1ccccc1.Cl.Cl. The number of ether oxygens (including phenoxy) is 1. The number of aliphatic carboxylic acids is 1. The maximum atomic E-state index is 11.9. The second kappa shape index (κ2) is 14.2. The minimum absolute atomic E-state index is 0. The molecule has 0 unspecified atom stereocenters. The van der Waals surface area contributed by atoms with Crippen LogP contribution in [0.25, 0.3) is 0 Å². The molecule has 1 aromatic rings. The van der Waals surface area contributed by atoms with Crippen LogP contribution in [0.4, 0.5) is 0 Å². The van der Waals surface area contributed by atoms with Crippen LogP contribution in [0.5, 0.6) is 0 Å². The lowest BCUT2D eigenvalue weighted by atomic mass is 10.1. The highest BCUT2D eigenvalue weighted by Gasteiger charge is 2.14. The molecule has 10 heteroatoms. The summed E-state index contributed by atoms with van der Waals surface area (Å²) in [4.78, 5) is 24.2. The van der Waals surface area contributed by atoms with E-state index in [1.165, 1.54) is 0 Å². The quantitative estimate of drug-likeness (QED) is 0.109. The zero-order valence-electron chi connectivity index (χ0n) is 14.4. The number of nitrogens with two attached hydrogens (primary N) is 1. The first-order valence-corrected chi connectivity index (χ1v) is 7.60. The average Bonchev–Trinajstić information content (AvgIpc) is 2.60. The van der Waals surface area contributed by atoms with E-state index in [0.29, 0.717) is 37.2 Å². The van der Waals surface area contributed by atoms with Crippen LogP contribution in [-0.2, 0) is 9.53 Å². The Kier molecular flexibility index (Phi) is 14.3. The van der Waals surface area contributed by atoms with E-state index < -0.39 is 18.0 Å². The fraction of sp³-hybridized carbons (Fsp3) is 0.438. The molecule has 0 saturated carbocycles. The standard InChI is InChI=1S/C16H23N3O5.2ClH/c1-12(18-23)19(10-6-5-9-14(17)15(20)21)11-24-16(22)13-7-3-2-4-8-13;;/h2-4,7-8,14,23H,5-6,9-11,17H2,1H3,(H,20,21);2*1H/t14-;;/m0../s1. The Morgan fingerprint density at radius 3 is 2.38 bits per heavy atom. The van der Waals surface area contributed by atoms with Crippen LogP contribution in [0.1, 0.15) is 36.5 Å². The highest BCUT2D eigenvalue weighted by Crippen LogP contribution is 2.06. The number of halogens is 2. The molecule has 8 nitrogen and oxygen atoms in total. The normalized spacial score (nSPS) is 11.5. The van der Waals surface area contributed by atoms with Crippen molar-refractivity contribution in [3.8, 4) is 0 Å². The van der Waals surface area contributed by atoms with E-state index >= 15 is 0 Å². The Bertz CT molecular complexity index is 572. The Balaban J connectivity index is 0. The van der Waals surface area contributed by atoms with Gasteiger partial charge in [0.1, 0.15) is 11.9 Å². The molecular formula is C16H25Cl2N3O5. The molecule has 4 N–H and O–H groups in total. The summed E-state index contributed by atoms with van der Waals surface area (Å²) in [5, 5.41) is 20.8. The topological polar surface area (TPSA) is 125 Å². The summed E-state index contributed by atoms with van der Waals surface area (Å²) in [6.45, 7) is 1.97. The highest BCUT2D eigenvalue weighted by molar-refractivity contribution is 5.89. The molecule has 0 spiro atoms. The van der Waals surface area contributed by atoms with Gasteiger partial charge in [-0.3, -0.25) is 4.79 Å². The predicted molar refractivity (Wildman–Crippen MR) is 102 cm³/mol. The number of nitrogens with zero attached hydrogens (tertiary/aromatic N) is 2. The Hall–Kier alpha value is -2.03. The molecule has 0 amide bonds. The summed E-state index contributed by atoms with van der Waals surface area (Å²) in [6.07, 6.45) is 1.56. The van der Waals surface area contributed by atoms with Crippen LogP contribution in [0.2, 0.25) is 0 Å². The maximum Gasteiger partial charge on any atom is 0.339 e. The number of benzene rings is 1. The van der Waals surface area contributed by atoms with Gasteiger partial charge in [-0.05, 0) is 38.3 Å². The molecule has 0 aliphatic heterocycles. The van der Waals surface area contributed by atoms with E-state index in [4.69, 9.17) is 20.8 Å². The van der Waals surface area contributed by atoms with Gasteiger partial charge in [0.2, 0.25) is 0 Å². The van der Waals surface area contributed by atoms with Crippen molar-refractivity contribution in [2.45, 2.75) is 32.2 Å². The minimum atomic E-state index is -1.03. The van der Waals surface area contributed by atoms with Crippen LogP contribution in [0.15, 0.2) is 35.5 Å². The molecule has 0 bridgehead atoms. The summed E-state index contributed by atoms with van der Waals surface area (Å²) in [6, 6.07) is 7.68. The van der Waals surface area contributed by atoms with Crippen molar-refractivity contribution in [1.29, 1.82) is 0 Å². The lowest BCUT2D eigenvalue weighted by Gasteiger charge is -2.22. The van der Waals surface area contributed by atoms with Crippen LogP contribution < -0.4 is 5.73 Å². The number of unbranched alkanes of at least 4 members (excludes halogenated alkanes) is 1. The molecule has 26 heavy (non-hydrogen) atoms. The fourth-order valence-corrected chi connectivity index (χ4v) is 1.97. The maximum absolute atomic E-state index is 11.9. The number of hydrogen-bond acceptors (Lipinski definition) is 6. The molecule has 0 saturated heterocycles. The third-order valence-corrected chi connectivity index (χ3v) is 3.47. The molecule has 1 rings (SSSR count). The highest BCUT2D eigenvalue weighted by atomic mass is 35.5. The summed E-state index contributed by atoms with van der Waals surface area (Å²) >= 11 is 0. The molecule has 0 radical (unpaired) electrons. The minimum Gasteiger partial charge on any atom is -0.480 e. The first-order chi connectivity index (χ1) is 11.5. The molecule has 148 valence electrons. The van der Waals surface area contributed by atoms with Gasteiger partial charge in [-0.15, -0.1) is 24.8 Å². The van der Waals surface area contributed by atoms with Gasteiger partial charge in [-0.1, -0.05) is 23.4 Å². The van der Waals surface area contributed by atoms with Gasteiger partial charge in [-0.25, -0.2) is 4.79 Å². The van der Waals surface area contributed by atoms with Gasteiger partial charge in [0, 0.05) is 6.54 Å². The van der Waals surface area contributed by atoms with Crippen molar-refractivity contribution in [3.05, 3.63) is 35.9 Å². The number of rotatable bonds is 9. The summed E-state index contributed by atoms with van der Waals surface area (Å²) in [7, 11) is 0. The van der Waals surface area contributed by atoms with Crippen molar-refractivity contribution in [1.82, 2.24) is 4.90 Å². The number of carbonyl (C=O) groups excluding carboxylic acids is 1. The summed E-state index contributed by atoms with van der Waals surface area (Å²) in [5.41, 5.74) is 5.87. The van der Waals surface area contributed by atoms with Gasteiger partial charge >= 0.3 is 11.9 Å². The van der Waals surface area contributed by atoms with Crippen LogP contribution in [0.3, 0.4) is 0 Å². The van der Waals surface area contributed by atoms with Gasteiger partial charge in [-0.2, -0.15) is 0 Å². The second-order valence-corrected chi connectivity index (χ2v) is 5.28. The third-order valence-electron chi connectivity index (χ3n) is 3.47. The van der Waals surface area contributed by atoms with Crippen LogP contribution in [-0.4, -0.2) is 52.3 Å². The third kappa shape index (κ3) is 9.45. The fourth-order valence-electron chi connectivity index (χ4n) is 1.97. The zero-order chi connectivity index (χ0) is 17.9. The Labute approximate surface area is 164 Å². The number of esters is 1. The van der Waals surface area contributed by atoms with E-state index in [1.807, 2.05) is 0 Å². The summed E-state index contributed by atoms with van der Waals surface area (Å²) in [5.74, 6) is -1.20. The molecular weight excluding hydrogens is 385 g/mol. The zero-order valence-corrected chi connectivity index (χ0v) is 16.0. The summed E-state index contributed by atoms with van der Waals surface area (Å²) < 4.78 is 5.21. The second-order valence-electron chi connectivity index (χ2n) is 5.28. The number of carbonyl (C=O) groups is 2. The lowest BCUT2D eigenvalue weighted by molar-refractivity contribution is -0.138. The molecule has 0 aliphatic carbocycles. The number of hydrogen-bond donors (Lipinski definition) is 3. The van der Waals surface area contributed by atoms with Gasteiger partial charge < -0.3 is 25.7 Å². The molecule has 0 heterocycles. The predicted octanol–water partition coefficient (Wildman–Crippen LogP) is 2.34. The van der Waals surface area contributed by atoms with Crippen molar-refractivity contribution in [2.75, 3.05) is 13.3 Å². The van der Waals surface area contributed by atoms with Gasteiger partial charge in [0.25, 0.3) is 0 Å². The number of carboxylic acid groups (broad SMARTS) is 1. The largest absolute Gasteiger partial charge is 0.480 e. The number of amidine groups is 1. The first kappa shape index (κ1) is 26.2. The van der Waals surface area contributed by atoms with Crippen LogP contribution >= 0.6 is 24.8 Å². The van der Waals surface area contributed by atoms with E-state index in [9.17, 15) is 9.59 Å². The monoisotopic (exact) mass is 409 g/mol. The van der Waals surface area contributed by atoms with Crippen molar-refractivity contribution >= 4 is 42.6 Å².